The Kier molecular flexibility index (Phi) is 7.34. The van der Waals surface area contributed by atoms with Gasteiger partial charge in [-0.1, -0.05) is 36.6 Å². The molecule has 0 unspecified atom stereocenters. The standard InChI is InChI=1S/C21H28ClN5/c1-23-21(25-15-17-6-8-19(22)9-7-17)26-16-18-10-11-24-20(14-18)27-12-4-2-3-5-13-27/h6-11,14H,2-5,12-13,15-16H2,1H3,(H2,23,25,26). The number of aromatic nitrogens is 1. The third-order valence-electron chi connectivity index (χ3n) is 4.80. The number of benzene rings is 1. The monoisotopic (exact) mass is 385 g/mol. The van der Waals surface area contributed by atoms with Gasteiger partial charge in [-0.05, 0) is 48.2 Å². The van der Waals surface area contributed by atoms with E-state index in [0.29, 0.717) is 13.1 Å². The molecule has 0 amide bonds. The van der Waals surface area contributed by atoms with E-state index in [9.17, 15) is 0 Å². The Balaban J connectivity index is 1.53. The largest absolute Gasteiger partial charge is 0.357 e. The van der Waals surface area contributed by atoms with E-state index in [0.717, 1.165) is 35.5 Å². The van der Waals surface area contributed by atoms with Gasteiger partial charge in [-0.3, -0.25) is 4.99 Å². The van der Waals surface area contributed by atoms with Crippen LogP contribution in [0.15, 0.2) is 47.6 Å². The van der Waals surface area contributed by atoms with Crippen LogP contribution in [0.1, 0.15) is 36.8 Å². The van der Waals surface area contributed by atoms with Crippen molar-refractivity contribution in [2.75, 3.05) is 25.0 Å². The maximum atomic E-state index is 5.93. The Labute approximate surface area is 166 Å². The molecular weight excluding hydrogens is 358 g/mol. The summed E-state index contributed by atoms with van der Waals surface area (Å²) in [5, 5.41) is 7.46. The topological polar surface area (TPSA) is 52.6 Å². The first-order chi connectivity index (χ1) is 13.2. The van der Waals surface area contributed by atoms with Crippen LogP contribution in [0.3, 0.4) is 0 Å². The molecule has 0 saturated carbocycles. The molecule has 5 nitrogen and oxygen atoms in total. The number of nitrogens with one attached hydrogen (secondary N) is 2. The molecule has 6 heteroatoms. The van der Waals surface area contributed by atoms with Gasteiger partial charge in [0.05, 0.1) is 0 Å². The molecule has 0 aliphatic carbocycles. The van der Waals surface area contributed by atoms with Crippen molar-refractivity contribution in [1.82, 2.24) is 15.6 Å². The van der Waals surface area contributed by atoms with Gasteiger partial charge >= 0.3 is 0 Å². The summed E-state index contributed by atoms with van der Waals surface area (Å²) < 4.78 is 0. The highest BCUT2D eigenvalue weighted by atomic mass is 35.5. The normalized spacial score (nSPS) is 15.3. The average molecular weight is 386 g/mol. The minimum absolute atomic E-state index is 0.701. The smallest absolute Gasteiger partial charge is 0.191 e. The number of hydrogen-bond acceptors (Lipinski definition) is 3. The van der Waals surface area contributed by atoms with Crippen LogP contribution in [0.5, 0.6) is 0 Å². The van der Waals surface area contributed by atoms with E-state index in [1.165, 1.54) is 31.2 Å². The number of aliphatic imine (C=N–C) groups is 1. The van der Waals surface area contributed by atoms with Crippen LogP contribution in [-0.4, -0.2) is 31.1 Å². The molecule has 1 aliphatic heterocycles. The molecule has 27 heavy (non-hydrogen) atoms. The summed E-state index contributed by atoms with van der Waals surface area (Å²) in [6, 6.07) is 12.1. The summed E-state index contributed by atoms with van der Waals surface area (Å²) in [6.07, 6.45) is 7.07. The van der Waals surface area contributed by atoms with Crippen molar-refractivity contribution in [3.63, 3.8) is 0 Å². The van der Waals surface area contributed by atoms with Crippen LogP contribution in [-0.2, 0) is 13.1 Å². The predicted molar refractivity (Wildman–Crippen MR) is 113 cm³/mol. The number of halogens is 1. The number of rotatable bonds is 5. The van der Waals surface area contributed by atoms with E-state index < -0.39 is 0 Å². The lowest BCUT2D eigenvalue weighted by Crippen LogP contribution is -2.36. The van der Waals surface area contributed by atoms with Crippen molar-refractivity contribution in [2.24, 2.45) is 4.99 Å². The third-order valence-corrected chi connectivity index (χ3v) is 5.05. The molecular formula is C21H28ClN5. The Hall–Kier alpha value is -2.27. The first kappa shape index (κ1) is 19.5. The number of pyridine rings is 1. The van der Waals surface area contributed by atoms with Crippen molar-refractivity contribution in [1.29, 1.82) is 0 Å². The number of guanidine groups is 1. The van der Waals surface area contributed by atoms with E-state index >= 15 is 0 Å². The molecule has 2 heterocycles. The van der Waals surface area contributed by atoms with Crippen LogP contribution in [0.4, 0.5) is 5.82 Å². The summed E-state index contributed by atoms with van der Waals surface area (Å²) in [4.78, 5) is 11.3. The second-order valence-electron chi connectivity index (χ2n) is 6.83. The molecule has 0 spiro atoms. The Morgan fingerprint density at radius 1 is 1.00 bits per heavy atom. The summed E-state index contributed by atoms with van der Waals surface area (Å²) in [7, 11) is 1.78. The zero-order valence-electron chi connectivity index (χ0n) is 15.9. The maximum Gasteiger partial charge on any atom is 0.191 e. The van der Waals surface area contributed by atoms with Crippen molar-refractivity contribution in [3.8, 4) is 0 Å². The van der Waals surface area contributed by atoms with E-state index in [-0.39, 0.29) is 0 Å². The Bertz CT molecular complexity index is 736. The summed E-state index contributed by atoms with van der Waals surface area (Å²) in [5.41, 5.74) is 2.37. The van der Waals surface area contributed by atoms with E-state index in [4.69, 9.17) is 11.6 Å². The Morgan fingerprint density at radius 2 is 1.67 bits per heavy atom. The molecule has 1 saturated heterocycles. The number of anilines is 1. The lowest BCUT2D eigenvalue weighted by molar-refractivity contribution is 0.726. The molecule has 1 aromatic carbocycles. The zero-order valence-corrected chi connectivity index (χ0v) is 16.7. The molecule has 1 aromatic heterocycles. The van der Waals surface area contributed by atoms with Gasteiger partial charge in [0.15, 0.2) is 5.96 Å². The highest BCUT2D eigenvalue weighted by molar-refractivity contribution is 6.30. The Morgan fingerprint density at radius 3 is 2.33 bits per heavy atom. The fraction of sp³-hybridized carbons (Fsp3) is 0.429. The van der Waals surface area contributed by atoms with Gasteiger partial charge in [0.25, 0.3) is 0 Å². The van der Waals surface area contributed by atoms with Gasteiger partial charge in [0.1, 0.15) is 5.82 Å². The lowest BCUT2D eigenvalue weighted by Gasteiger charge is -2.22. The molecule has 144 valence electrons. The van der Waals surface area contributed by atoms with Crippen LogP contribution in [0.25, 0.3) is 0 Å². The van der Waals surface area contributed by atoms with Crippen molar-refractivity contribution in [2.45, 2.75) is 38.8 Å². The van der Waals surface area contributed by atoms with Gasteiger partial charge < -0.3 is 15.5 Å². The quantitative estimate of drug-likeness (QED) is 0.603. The summed E-state index contributed by atoms with van der Waals surface area (Å²) in [5.74, 6) is 1.86. The zero-order chi connectivity index (χ0) is 18.9. The van der Waals surface area contributed by atoms with E-state index in [2.05, 4.69) is 37.6 Å². The van der Waals surface area contributed by atoms with E-state index in [1.807, 2.05) is 30.5 Å². The molecule has 1 fully saturated rings. The number of hydrogen-bond donors (Lipinski definition) is 2. The van der Waals surface area contributed by atoms with Crippen LogP contribution < -0.4 is 15.5 Å². The van der Waals surface area contributed by atoms with Crippen LogP contribution >= 0.6 is 11.6 Å². The van der Waals surface area contributed by atoms with Gasteiger partial charge in [-0.25, -0.2) is 4.98 Å². The molecule has 1 aliphatic rings. The summed E-state index contributed by atoms with van der Waals surface area (Å²) in [6.45, 7) is 3.62. The average Bonchev–Trinajstić information content (AvgIpc) is 2.99. The fourth-order valence-electron chi connectivity index (χ4n) is 3.24. The fourth-order valence-corrected chi connectivity index (χ4v) is 3.36. The summed E-state index contributed by atoms with van der Waals surface area (Å²) >= 11 is 5.93. The maximum absolute atomic E-state index is 5.93. The van der Waals surface area contributed by atoms with Crippen LogP contribution in [0, 0.1) is 0 Å². The molecule has 2 N–H and O–H groups in total. The minimum atomic E-state index is 0.701. The van der Waals surface area contributed by atoms with Gasteiger partial charge in [0.2, 0.25) is 0 Å². The predicted octanol–water partition coefficient (Wildman–Crippen LogP) is 3.98. The molecule has 3 rings (SSSR count). The second kappa shape index (κ2) is 10.2. The highest BCUT2D eigenvalue weighted by Crippen LogP contribution is 2.18. The lowest BCUT2D eigenvalue weighted by atomic mass is 10.2. The molecule has 2 aromatic rings. The molecule has 0 atom stereocenters. The molecule has 0 bridgehead atoms. The number of nitrogens with zero attached hydrogens (tertiary/aromatic N) is 3. The second-order valence-corrected chi connectivity index (χ2v) is 7.27. The molecule has 0 radical (unpaired) electrons. The minimum Gasteiger partial charge on any atom is -0.357 e. The van der Waals surface area contributed by atoms with Gasteiger partial charge in [-0.2, -0.15) is 0 Å². The van der Waals surface area contributed by atoms with Crippen LogP contribution in [0.2, 0.25) is 5.02 Å². The third kappa shape index (κ3) is 6.14. The highest BCUT2D eigenvalue weighted by Gasteiger charge is 2.11. The first-order valence-electron chi connectivity index (χ1n) is 9.63. The van der Waals surface area contributed by atoms with E-state index in [1.54, 1.807) is 7.05 Å². The van der Waals surface area contributed by atoms with Gasteiger partial charge in [0, 0.05) is 44.4 Å². The van der Waals surface area contributed by atoms with Gasteiger partial charge in [-0.15, -0.1) is 0 Å². The van der Waals surface area contributed by atoms with Crippen molar-refractivity contribution in [3.05, 3.63) is 58.7 Å². The SMILES string of the molecule is CN=C(NCc1ccc(Cl)cc1)NCc1ccnc(N2CCCCCC2)c1. The van der Waals surface area contributed by atoms with Crippen molar-refractivity contribution < 1.29 is 0 Å². The van der Waals surface area contributed by atoms with Crippen molar-refractivity contribution >= 4 is 23.4 Å². The first-order valence-corrected chi connectivity index (χ1v) is 10.0.